The molecular weight excluding hydrogens is 170 g/mol. The van der Waals surface area contributed by atoms with Crippen molar-refractivity contribution in [3.8, 4) is 0 Å². The molecule has 0 aliphatic heterocycles. The van der Waals surface area contributed by atoms with Crippen LogP contribution in [-0.2, 0) is 0 Å². The molecule has 0 aromatic carbocycles. The lowest BCUT2D eigenvalue weighted by molar-refractivity contribution is 0.393. The van der Waals surface area contributed by atoms with E-state index in [1.807, 2.05) is 0 Å². The molecule has 1 unspecified atom stereocenters. The summed E-state index contributed by atoms with van der Waals surface area (Å²) in [5.41, 5.74) is 0. The molecular formula is C11H18F2. The van der Waals surface area contributed by atoms with Gasteiger partial charge in [0.25, 0.3) is 6.08 Å². The Morgan fingerprint density at radius 3 is 2.54 bits per heavy atom. The highest BCUT2D eigenvalue weighted by atomic mass is 19.3. The van der Waals surface area contributed by atoms with Crippen LogP contribution < -0.4 is 0 Å². The molecule has 0 radical (unpaired) electrons. The second-order valence-electron chi connectivity index (χ2n) is 3.95. The first kappa shape index (κ1) is 10.7. The van der Waals surface area contributed by atoms with Gasteiger partial charge in [-0.15, -0.1) is 0 Å². The molecule has 1 atom stereocenters. The van der Waals surface area contributed by atoms with Gasteiger partial charge in [-0.3, -0.25) is 0 Å². The molecule has 1 fully saturated rings. The molecule has 0 heterocycles. The van der Waals surface area contributed by atoms with E-state index in [0.29, 0.717) is 5.92 Å². The Morgan fingerprint density at radius 2 is 2.08 bits per heavy atom. The Bertz CT molecular complexity index is 167. The summed E-state index contributed by atoms with van der Waals surface area (Å²) in [5, 5.41) is 0. The van der Waals surface area contributed by atoms with Crippen LogP contribution in [0, 0.1) is 11.8 Å². The van der Waals surface area contributed by atoms with Crippen molar-refractivity contribution in [1.82, 2.24) is 0 Å². The van der Waals surface area contributed by atoms with Gasteiger partial charge in [-0.1, -0.05) is 26.2 Å². The van der Waals surface area contributed by atoms with Gasteiger partial charge in [0.1, 0.15) is 0 Å². The molecule has 1 rings (SSSR count). The zero-order valence-electron chi connectivity index (χ0n) is 8.23. The molecule has 0 N–H and O–H groups in total. The van der Waals surface area contributed by atoms with Crippen molar-refractivity contribution >= 4 is 0 Å². The predicted molar refractivity (Wildman–Crippen MR) is 50.7 cm³/mol. The van der Waals surface area contributed by atoms with Gasteiger partial charge < -0.3 is 0 Å². The van der Waals surface area contributed by atoms with Crippen molar-refractivity contribution in [1.29, 1.82) is 0 Å². The summed E-state index contributed by atoms with van der Waals surface area (Å²) in [6, 6.07) is 0. The minimum Gasteiger partial charge on any atom is -0.174 e. The number of unbranched alkanes of at least 4 members (excludes halogenated alkanes) is 2. The summed E-state index contributed by atoms with van der Waals surface area (Å²) in [4.78, 5) is 0. The quantitative estimate of drug-likeness (QED) is 0.543. The third-order valence-electron chi connectivity index (χ3n) is 2.71. The van der Waals surface area contributed by atoms with E-state index in [9.17, 15) is 8.78 Å². The van der Waals surface area contributed by atoms with Crippen molar-refractivity contribution < 1.29 is 8.78 Å². The minimum absolute atomic E-state index is 0.163. The molecule has 0 spiro atoms. The number of allylic oxidation sites excluding steroid dienone is 1. The molecule has 0 saturated heterocycles. The zero-order valence-corrected chi connectivity index (χ0v) is 8.23. The fraction of sp³-hybridized carbons (Fsp3) is 0.818. The third kappa shape index (κ3) is 4.39. The number of halogens is 2. The monoisotopic (exact) mass is 188 g/mol. The third-order valence-corrected chi connectivity index (χ3v) is 2.71. The summed E-state index contributed by atoms with van der Waals surface area (Å²) in [7, 11) is 0. The van der Waals surface area contributed by atoms with Gasteiger partial charge >= 0.3 is 0 Å². The molecule has 76 valence electrons. The minimum atomic E-state index is -1.49. The van der Waals surface area contributed by atoms with Crippen LogP contribution in [0.25, 0.3) is 0 Å². The molecule has 1 aliphatic rings. The van der Waals surface area contributed by atoms with Crippen LogP contribution in [0.3, 0.4) is 0 Å². The lowest BCUT2D eigenvalue weighted by Crippen LogP contribution is -1.99. The maximum absolute atomic E-state index is 12.0. The van der Waals surface area contributed by atoms with Crippen LogP contribution in [-0.4, -0.2) is 0 Å². The van der Waals surface area contributed by atoms with E-state index in [0.717, 1.165) is 25.7 Å². The van der Waals surface area contributed by atoms with E-state index in [1.165, 1.54) is 18.9 Å². The Morgan fingerprint density at radius 1 is 1.38 bits per heavy atom. The van der Waals surface area contributed by atoms with Gasteiger partial charge in [-0.2, -0.15) is 8.78 Å². The first-order valence-corrected chi connectivity index (χ1v) is 5.27. The molecule has 0 aromatic rings. The predicted octanol–water partition coefficient (Wildman–Crippen LogP) is 4.37. The van der Waals surface area contributed by atoms with E-state index in [1.54, 1.807) is 0 Å². The Labute approximate surface area is 79.0 Å². The van der Waals surface area contributed by atoms with E-state index >= 15 is 0 Å². The van der Waals surface area contributed by atoms with Crippen LogP contribution in [0.4, 0.5) is 8.78 Å². The molecule has 0 amide bonds. The first-order chi connectivity index (χ1) is 6.24. The largest absolute Gasteiger partial charge is 0.266 e. The standard InChI is InChI=1S/C11H18F2/c1-2-3-4-5-10(8-11(12)13)9-6-7-9/h8-10H,2-7H2,1H3. The number of hydrogen-bond donors (Lipinski definition) is 0. The lowest BCUT2D eigenvalue weighted by atomic mass is 9.96. The topological polar surface area (TPSA) is 0 Å². The first-order valence-electron chi connectivity index (χ1n) is 5.27. The Hall–Kier alpha value is -0.400. The highest BCUT2D eigenvalue weighted by Crippen LogP contribution is 2.40. The van der Waals surface area contributed by atoms with Gasteiger partial charge in [0, 0.05) is 0 Å². The fourth-order valence-electron chi connectivity index (χ4n) is 1.77. The number of hydrogen-bond acceptors (Lipinski definition) is 0. The summed E-state index contributed by atoms with van der Waals surface area (Å²) < 4.78 is 24.1. The molecule has 1 aliphatic carbocycles. The van der Waals surface area contributed by atoms with Gasteiger partial charge in [-0.05, 0) is 37.2 Å². The smallest absolute Gasteiger partial charge is 0.174 e. The summed E-state index contributed by atoms with van der Waals surface area (Å²) in [6.45, 7) is 2.14. The Kier molecular flexibility index (Phi) is 4.40. The van der Waals surface area contributed by atoms with E-state index in [2.05, 4.69) is 6.92 Å². The van der Waals surface area contributed by atoms with Crippen molar-refractivity contribution in [3.05, 3.63) is 12.2 Å². The second kappa shape index (κ2) is 5.36. The lowest BCUT2D eigenvalue weighted by Gasteiger charge is -2.09. The van der Waals surface area contributed by atoms with E-state index in [4.69, 9.17) is 0 Å². The molecule has 0 bridgehead atoms. The fourth-order valence-corrected chi connectivity index (χ4v) is 1.77. The molecule has 13 heavy (non-hydrogen) atoms. The summed E-state index contributed by atoms with van der Waals surface area (Å²) >= 11 is 0. The molecule has 0 nitrogen and oxygen atoms in total. The maximum Gasteiger partial charge on any atom is 0.266 e. The molecule has 0 aromatic heterocycles. The summed E-state index contributed by atoms with van der Waals surface area (Å²) in [5.74, 6) is 0.731. The normalized spacial score (nSPS) is 18.4. The average Bonchev–Trinajstić information content (AvgIpc) is 2.84. The SMILES string of the molecule is CCCCCC(C=C(F)F)C1CC1. The van der Waals surface area contributed by atoms with Crippen molar-refractivity contribution in [3.63, 3.8) is 0 Å². The summed E-state index contributed by atoms with van der Waals surface area (Å²) in [6.07, 6.45) is 6.38. The van der Waals surface area contributed by atoms with Gasteiger partial charge in [0.15, 0.2) is 0 Å². The van der Waals surface area contributed by atoms with Crippen LogP contribution in [0.15, 0.2) is 12.2 Å². The molecule has 2 heteroatoms. The highest BCUT2D eigenvalue weighted by molar-refractivity contribution is 4.96. The van der Waals surface area contributed by atoms with Gasteiger partial charge in [-0.25, -0.2) is 0 Å². The van der Waals surface area contributed by atoms with Crippen LogP contribution >= 0.6 is 0 Å². The molecule has 1 saturated carbocycles. The van der Waals surface area contributed by atoms with Gasteiger partial charge in [0.05, 0.1) is 0 Å². The second-order valence-corrected chi connectivity index (χ2v) is 3.95. The van der Waals surface area contributed by atoms with Gasteiger partial charge in [0.2, 0.25) is 0 Å². The zero-order chi connectivity index (χ0) is 9.68. The number of rotatable bonds is 6. The van der Waals surface area contributed by atoms with E-state index in [-0.39, 0.29) is 5.92 Å². The average molecular weight is 188 g/mol. The van der Waals surface area contributed by atoms with Crippen molar-refractivity contribution in [2.45, 2.75) is 45.4 Å². The Balaban J connectivity index is 2.26. The van der Waals surface area contributed by atoms with Crippen LogP contribution in [0.2, 0.25) is 0 Å². The van der Waals surface area contributed by atoms with Crippen LogP contribution in [0.5, 0.6) is 0 Å². The maximum atomic E-state index is 12.0. The van der Waals surface area contributed by atoms with E-state index < -0.39 is 6.08 Å². The van der Waals surface area contributed by atoms with Crippen LogP contribution in [0.1, 0.15) is 45.4 Å². The highest BCUT2D eigenvalue weighted by Gasteiger charge is 2.29. The van der Waals surface area contributed by atoms with Crippen molar-refractivity contribution in [2.24, 2.45) is 11.8 Å². The van der Waals surface area contributed by atoms with Crippen molar-refractivity contribution in [2.75, 3.05) is 0 Å².